The van der Waals surface area contributed by atoms with E-state index in [9.17, 15) is 17.6 Å². The molecule has 0 saturated heterocycles. The lowest BCUT2D eigenvalue weighted by atomic mass is 10.0. The molecule has 0 saturated carbocycles. The van der Waals surface area contributed by atoms with Gasteiger partial charge in [-0.2, -0.15) is 23.4 Å². The number of H-pyrrole nitrogens is 1. The standard InChI is InChI=1S/C19H14F4N6O/c1-9-25-17(12-6-24-27-18(12)26-9)15-13-8-30-14(19(21,22)23)7-29(13)28-16(15)10-2-4-11(20)5-3-10/h2-6,14H,7-8H2,1H3,(H,24,25,26,27)/t14-/m0/s1. The van der Waals surface area contributed by atoms with Gasteiger partial charge in [0.25, 0.3) is 0 Å². The van der Waals surface area contributed by atoms with Crippen LogP contribution in [0.3, 0.4) is 0 Å². The van der Waals surface area contributed by atoms with E-state index >= 15 is 0 Å². The Hall–Kier alpha value is -3.34. The van der Waals surface area contributed by atoms with E-state index in [1.54, 1.807) is 13.1 Å². The van der Waals surface area contributed by atoms with Gasteiger partial charge in [-0.3, -0.25) is 9.78 Å². The van der Waals surface area contributed by atoms with Crippen molar-refractivity contribution in [3.8, 4) is 22.5 Å². The predicted octanol–water partition coefficient (Wildman–Crippen LogP) is 3.79. The molecule has 0 bridgehead atoms. The molecule has 0 unspecified atom stereocenters. The molecule has 0 fully saturated rings. The highest BCUT2D eigenvalue weighted by Gasteiger charge is 2.44. The molecular formula is C19H14F4N6O. The number of nitrogens with zero attached hydrogens (tertiary/aromatic N) is 5. The summed E-state index contributed by atoms with van der Waals surface area (Å²) in [6.07, 6.45) is -4.92. The topological polar surface area (TPSA) is 81.5 Å². The van der Waals surface area contributed by atoms with Crippen LogP contribution < -0.4 is 0 Å². The molecule has 0 spiro atoms. The van der Waals surface area contributed by atoms with Gasteiger partial charge in [0.05, 0.1) is 41.7 Å². The lowest BCUT2D eigenvalue weighted by molar-refractivity contribution is -0.234. The average molecular weight is 418 g/mol. The Morgan fingerprint density at radius 2 is 1.90 bits per heavy atom. The molecule has 0 radical (unpaired) electrons. The summed E-state index contributed by atoms with van der Waals surface area (Å²) in [4.78, 5) is 8.81. The van der Waals surface area contributed by atoms with Gasteiger partial charge < -0.3 is 4.74 Å². The van der Waals surface area contributed by atoms with E-state index in [0.29, 0.717) is 45.1 Å². The second-order valence-corrected chi connectivity index (χ2v) is 6.95. The molecule has 5 rings (SSSR count). The first-order chi connectivity index (χ1) is 14.3. The lowest BCUT2D eigenvalue weighted by Gasteiger charge is -2.26. The molecule has 3 aromatic heterocycles. The zero-order valence-electron chi connectivity index (χ0n) is 15.5. The van der Waals surface area contributed by atoms with Crippen LogP contribution >= 0.6 is 0 Å². The average Bonchev–Trinajstić information content (AvgIpc) is 3.31. The van der Waals surface area contributed by atoms with E-state index in [-0.39, 0.29) is 6.61 Å². The lowest BCUT2D eigenvalue weighted by Crippen LogP contribution is -2.39. The Bertz CT molecular complexity index is 1240. The Kier molecular flexibility index (Phi) is 4.10. The third kappa shape index (κ3) is 3.02. The number of halogens is 4. The quantitative estimate of drug-likeness (QED) is 0.501. The highest BCUT2D eigenvalue weighted by Crippen LogP contribution is 2.40. The van der Waals surface area contributed by atoms with Crippen molar-refractivity contribution in [2.24, 2.45) is 0 Å². The highest BCUT2D eigenvalue weighted by atomic mass is 19.4. The molecule has 7 nitrogen and oxygen atoms in total. The van der Waals surface area contributed by atoms with Gasteiger partial charge in [0.1, 0.15) is 17.3 Å². The molecule has 1 aromatic carbocycles. The zero-order valence-corrected chi connectivity index (χ0v) is 15.5. The molecule has 1 atom stereocenters. The van der Waals surface area contributed by atoms with Crippen molar-refractivity contribution in [3.05, 3.63) is 47.8 Å². The summed E-state index contributed by atoms with van der Waals surface area (Å²) in [6, 6.07) is 5.59. The Morgan fingerprint density at radius 3 is 2.63 bits per heavy atom. The summed E-state index contributed by atoms with van der Waals surface area (Å²) in [5, 5.41) is 11.8. The van der Waals surface area contributed by atoms with E-state index in [0.717, 1.165) is 0 Å². The maximum Gasteiger partial charge on any atom is 0.416 e. The number of fused-ring (bicyclic) bond motifs is 2. The largest absolute Gasteiger partial charge is 0.416 e. The molecule has 154 valence electrons. The van der Waals surface area contributed by atoms with E-state index < -0.39 is 24.6 Å². The first-order valence-electron chi connectivity index (χ1n) is 9.03. The van der Waals surface area contributed by atoms with Crippen molar-refractivity contribution in [1.82, 2.24) is 29.9 Å². The number of hydrogen-bond acceptors (Lipinski definition) is 5. The number of rotatable bonds is 2. The molecular weight excluding hydrogens is 404 g/mol. The number of alkyl halides is 3. The minimum Gasteiger partial charge on any atom is -0.360 e. The van der Waals surface area contributed by atoms with Gasteiger partial charge in [-0.05, 0) is 31.2 Å². The van der Waals surface area contributed by atoms with E-state index in [1.165, 1.54) is 28.9 Å². The molecule has 1 aliphatic rings. The second kappa shape index (κ2) is 6.59. The monoisotopic (exact) mass is 418 g/mol. The number of benzene rings is 1. The maximum atomic E-state index is 13.5. The smallest absolute Gasteiger partial charge is 0.360 e. The minimum absolute atomic E-state index is 0.296. The molecule has 11 heteroatoms. The molecule has 0 aliphatic carbocycles. The van der Waals surface area contributed by atoms with Gasteiger partial charge in [0.15, 0.2) is 11.8 Å². The number of hydrogen-bond donors (Lipinski definition) is 1. The van der Waals surface area contributed by atoms with Crippen LogP contribution in [0.4, 0.5) is 17.6 Å². The summed E-state index contributed by atoms with van der Waals surface area (Å²) >= 11 is 0. The Labute approximate surface area is 166 Å². The van der Waals surface area contributed by atoms with Crippen molar-refractivity contribution < 1.29 is 22.3 Å². The van der Waals surface area contributed by atoms with Gasteiger partial charge in [0, 0.05) is 5.56 Å². The number of aryl methyl sites for hydroxylation is 1. The fraction of sp³-hybridized carbons (Fsp3) is 0.263. The summed E-state index contributed by atoms with van der Waals surface area (Å²) in [5.41, 5.74) is 2.87. The van der Waals surface area contributed by atoms with Crippen LogP contribution in [0.25, 0.3) is 33.5 Å². The van der Waals surface area contributed by atoms with Crippen LogP contribution in [0.2, 0.25) is 0 Å². The molecule has 0 amide bonds. The van der Waals surface area contributed by atoms with Gasteiger partial charge in [-0.15, -0.1) is 0 Å². The van der Waals surface area contributed by atoms with Gasteiger partial charge in [0.2, 0.25) is 0 Å². The summed E-state index contributed by atoms with van der Waals surface area (Å²) in [7, 11) is 0. The van der Waals surface area contributed by atoms with Crippen LogP contribution in [0.5, 0.6) is 0 Å². The minimum atomic E-state index is -4.51. The third-order valence-corrected chi connectivity index (χ3v) is 4.96. The molecule has 4 heterocycles. The Morgan fingerprint density at radius 1 is 1.13 bits per heavy atom. The third-order valence-electron chi connectivity index (χ3n) is 4.96. The number of aromatic nitrogens is 6. The highest BCUT2D eigenvalue weighted by molar-refractivity contribution is 5.95. The van der Waals surface area contributed by atoms with Gasteiger partial charge >= 0.3 is 6.18 Å². The molecule has 1 N–H and O–H groups in total. The second-order valence-electron chi connectivity index (χ2n) is 6.95. The first-order valence-corrected chi connectivity index (χ1v) is 9.03. The van der Waals surface area contributed by atoms with Crippen LogP contribution in [0.15, 0.2) is 30.5 Å². The molecule has 1 aliphatic heterocycles. The van der Waals surface area contributed by atoms with Crippen molar-refractivity contribution in [3.63, 3.8) is 0 Å². The zero-order chi connectivity index (χ0) is 21.0. The van der Waals surface area contributed by atoms with Crippen molar-refractivity contribution in [1.29, 1.82) is 0 Å². The first kappa shape index (κ1) is 18.7. The number of ether oxygens (including phenoxy) is 1. The van der Waals surface area contributed by atoms with E-state index in [2.05, 4.69) is 25.3 Å². The summed E-state index contributed by atoms with van der Waals surface area (Å²) in [6.45, 7) is 0.926. The van der Waals surface area contributed by atoms with Crippen LogP contribution in [-0.4, -0.2) is 42.2 Å². The number of aromatic amines is 1. The van der Waals surface area contributed by atoms with Crippen LogP contribution in [-0.2, 0) is 17.9 Å². The molecule has 4 aromatic rings. The summed E-state index contributed by atoms with van der Waals surface area (Å²) < 4.78 is 59.5. The normalized spacial score (nSPS) is 16.8. The van der Waals surface area contributed by atoms with Crippen LogP contribution in [0.1, 0.15) is 11.5 Å². The van der Waals surface area contributed by atoms with Crippen molar-refractivity contribution >= 4 is 11.0 Å². The van der Waals surface area contributed by atoms with Crippen molar-refractivity contribution in [2.75, 3.05) is 0 Å². The van der Waals surface area contributed by atoms with Crippen molar-refractivity contribution in [2.45, 2.75) is 32.4 Å². The predicted molar refractivity (Wildman–Crippen MR) is 97.7 cm³/mol. The SMILES string of the molecule is Cc1nc(-c2c(-c3ccc(F)cc3)nn3c2CO[C@H](C(F)(F)F)C3)c2cn[nH]c2n1. The number of nitrogens with one attached hydrogen (secondary N) is 1. The van der Waals surface area contributed by atoms with Crippen LogP contribution in [0, 0.1) is 12.7 Å². The fourth-order valence-electron chi connectivity index (χ4n) is 3.58. The van der Waals surface area contributed by atoms with Gasteiger partial charge in [-0.25, -0.2) is 14.4 Å². The Balaban J connectivity index is 1.76. The molecule has 30 heavy (non-hydrogen) atoms. The van der Waals surface area contributed by atoms with E-state index in [1.807, 2.05) is 0 Å². The van der Waals surface area contributed by atoms with Gasteiger partial charge in [-0.1, -0.05) is 0 Å². The van der Waals surface area contributed by atoms with E-state index in [4.69, 9.17) is 4.74 Å². The fourth-order valence-corrected chi connectivity index (χ4v) is 3.58. The maximum absolute atomic E-state index is 13.5. The summed E-state index contributed by atoms with van der Waals surface area (Å²) in [5.74, 6) is 0.0245.